The van der Waals surface area contributed by atoms with E-state index in [4.69, 9.17) is 4.74 Å². The lowest BCUT2D eigenvalue weighted by Gasteiger charge is -2.27. The first-order valence-corrected chi connectivity index (χ1v) is 5.68. The second-order valence-corrected chi connectivity index (χ2v) is 3.92. The van der Waals surface area contributed by atoms with Crippen LogP contribution in [0.1, 0.15) is 39.5 Å². The van der Waals surface area contributed by atoms with E-state index in [0.29, 0.717) is 6.61 Å². The minimum atomic E-state index is -0.102. The van der Waals surface area contributed by atoms with Gasteiger partial charge in [-0.25, -0.2) is 0 Å². The van der Waals surface area contributed by atoms with Gasteiger partial charge in [0.05, 0.1) is 6.61 Å². The van der Waals surface area contributed by atoms with Crippen LogP contribution in [0.15, 0.2) is 0 Å². The maximum absolute atomic E-state index is 11.4. The van der Waals surface area contributed by atoms with Gasteiger partial charge in [-0.3, -0.25) is 4.79 Å². The SMILES string of the molecule is CCOC(=O)C(CC)NCC1CCC1. The summed E-state index contributed by atoms with van der Waals surface area (Å²) in [7, 11) is 0. The Bertz CT molecular complexity index is 178. The van der Waals surface area contributed by atoms with Crippen molar-refractivity contribution in [3.63, 3.8) is 0 Å². The number of esters is 1. The molecular weight excluding hydrogens is 178 g/mol. The minimum Gasteiger partial charge on any atom is -0.465 e. The van der Waals surface area contributed by atoms with Crippen LogP contribution in [0.2, 0.25) is 0 Å². The molecule has 0 saturated heterocycles. The summed E-state index contributed by atoms with van der Waals surface area (Å²) in [6.45, 7) is 5.30. The lowest BCUT2D eigenvalue weighted by atomic mass is 9.85. The molecule has 0 radical (unpaired) electrons. The smallest absolute Gasteiger partial charge is 0.323 e. The fraction of sp³-hybridized carbons (Fsp3) is 0.909. The van der Waals surface area contributed by atoms with Gasteiger partial charge in [-0.15, -0.1) is 0 Å². The van der Waals surface area contributed by atoms with Crippen molar-refractivity contribution in [2.24, 2.45) is 5.92 Å². The fourth-order valence-corrected chi connectivity index (χ4v) is 1.64. The van der Waals surface area contributed by atoms with Crippen LogP contribution in [0.5, 0.6) is 0 Å². The molecule has 0 aromatic heterocycles. The van der Waals surface area contributed by atoms with Crippen LogP contribution in [-0.4, -0.2) is 25.2 Å². The van der Waals surface area contributed by atoms with E-state index in [-0.39, 0.29) is 12.0 Å². The van der Waals surface area contributed by atoms with Gasteiger partial charge in [0.1, 0.15) is 6.04 Å². The molecule has 3 heteroatoms. The third-order valence-electron chi connectivity index (χ3n) is 2.86. The zero-order chi connectivity index (χ0) is 10.4. The van der Waals surface area contributed by atoms with Crippen molar-refractivity contribution in [3.05, 3.63) is 0 Å². The van der Waals surface area contributed by atoms with Crippen molar-refractivity contribution in [2.75, 3.05) is 13.2 Å². The number of hydrogen-bond donors (Lipinski definition) is 1. The Morgan fingerprint density at radius 3 is 2.64 bits per heavy atom. The molecule has 1 N–H and O–H groups in total. The standard InChI is InChI=1S/C11H21NO2/c1-3-10(11(13)14-4-2)12-8-9-6-5-7-9/h9-10,12H,3-8H2,1-2H3. The zero-order valence-electron chi connectivity index (χ0n) is 9.21. The normalized spacial score (nSPS) is 18.7. The van der Waals surface area contributed by atoms with Gasteiger partial charge >= 0.3 is 5.97 Å². The third-order valence-corrected chi connectivity index (χ3v) is 2.86. The first-order valence-electron chi connectivity index (χ1n) is 5.68. The number of ether oxygens (including phenoxy) is 1. The lowest BCUT2D eigenvalue weighted by Crippen LogP contribution is -2.41. The molecule has 0 aromatic carbocycles. The molecule has 0 aliphatic heterocycles. The summed E-state index contributed by atoms with van der Waals surface area (Å²) in [6.07, 6.45) is 4.78. The van der Waals surface area contributed by atoms with Crippen molar-refractivity contribution in [3.8, 4) is 0 Å². The van der Waals surface area contributed by atoms with Crippen LogP contribution in [0, 0.1) is 5.92 Å². The molecule has 1 atom stereocenters. The van der Waals surface area contributed by atoms with E-state index >= 15 is 0 Å². The molecule has 1 unspecified atom stereocenters. The molecule has 0 spiro atoms. The Hall–Kier alpha value is -0.570. The van der Waals surface area contributed by atoms with E-state index in [1.165, 1.54) is 19.3 Å². The Kier molecular flexibility index (Phi) is 4.94. The van der Waals surface area contributed by atoms with E-state index in [1.54, 1.807) is 0 Å². The Balaban J connectivity index is 2.19. The quantitative estimate of drug-likeness (QED) is 0.662. The van der Waals surface area contributed by atoms with Gasteiger partial charge in [-0.05, 0) is 38.6 Å². The summed E-state index contributed by atoms with van der Waals surface area (Å²) in [5, 5.41) is 3.28. The van der Waals surface area contributed by atoms with E-state index in [9.17, 15) is 4.79 Å². The highest BCUT2D eigenvalue weighted by atomic mass is 16.5. The number of carbonyl (C=O) groups excluding carboxylic acids is 1. The fourth-order valence-electron chi connectivity index (χ4n) is 1.64. The van der Waals surface area contributed by atoms with Gasteiger partial charge in [-0.1, -0.05) is 13.3 Å². The van der Waals surface area contributed by atoms with Crippen LogP contribution in [-0.2, 0) is 9.53 Å². The average Bonchev–Trinajstić information content (AvgIpc) is 2.09. The van der Waals surface area contributed by atoms with Gasteiger partial charge in [0.2, 0.25) is 0 Å². The van der Waals surface area contributed by atoms with Crippen molar-refractivity contribution >= 4 is 5.97 Å². The third kappa shape index (κ3) is 3.29. The molecule has 1 aliphatic carbocycles. The molecule has 0 heterocycles. The predicted octanol–water partition coefficient (Wildman–Crippen LogP) is 1.72. The summed E-state index contributed by atoms with van der Waals surface area (Å²) < 4.78 is 4.98. The largest absolute Gasteiger partial charge is 0.465 e. The Labute approximate surface area is 86.2 Å². The molecule has 0 aromatic rings. The van der Waals surface area contributed by atoms with Crippen LogP contribution in [0.3, 0.4) is 0 Å². The van der Waals surface area contributed by atoms with Crippen molar-refractivity contribution in [1.29, 1.82) is 0 Å². The van der Waals surface area contributed by atoms with Crippen LogP contribution >= 0.6 is 0 Å². The number of carbonyl (C=O) groups is 1. The van der Waals surface area contributed by atoms with Crippen molar-refractivity contribution in [1.82, 2.24) is 5.32 Å². The molecule has 82 valence electrons. The molecule has 14 heavy (non-hydrogen) atoms. The van der Waals surface area contributed by atoms with Crippen LogP contribution in [0.4, 0.5) is 0 Å². The van der Waals surface area contributed by atoms with Gasteiger partial charge in [0.25, 0.3) is 0 Å². The topological polar surface area (TPSA) is 38.3 Å². The molecule has 1 rings (SSSR count). The summed E-state index contributed by atoms with van der Waals surface area (Å²) in [4.78, 5) is 11.4. The Morgan fingerprint density at radius 1 is 1.50 bits per heavy atom. The predicted molar refractivity (Wildman–Crippen MR) is 56.1 cm³/mol. The zero-order valence-corrected chi connectivity index (χ0v) is 9.21. The van der Waals surface area contributed by atoms with E-state index < -0.39 is 0 Å². The van der Waals surface area contributed by atoms with E-state index in [1.807, 2.05) is 13.8 Å². The van der Waals surface area contributed by atoms with Crippen LogP contribution in [0.25, 0.3) is 0 Å². The monoisotopic (exact) mass is 199 g/mol. The molecule has 3 nitrogen and oxygen atoms in total. The highest BCUT2D eigenvalue weighted by Crippen LogP contribution is 2.25. The van der Waals surface area contributed by atoms with Crippen molar-refractivity contribution in [2.45, 2.75) is 45.6 Å². The Morgan fingerprint density at radius 2 is 2.21 bits per heavy atom. The average molecular weight is 199 g/mol. The van der Waals surface area contributed by atoms with Gasteiger partial charge in [0, 0.05) is 0 Å². The second kappa shape index (κ2) is 6.02. The second-order valence-electron chi connectivity index (χ2n) is 3.92. The molecular formula is C11H21NO2. The highest BCUT2D eigenvalue weighted by molar-refractivity contribution is 5.75. The molecule has 1 saturated carbocycles. The summed E-state index contributed by atoms with van der Waals surface area (Å²) >= 11 is 0. The first-order chi connectivity index (χ1) is 6.77. The molecule has 0 amide bonds. The molecule has 1 aliphatic rings. The minimum absolute atomic E-state index is 0.101. The molecule has 0 bridgehead atoms. The van der Waals surface area contributed by atoms with E-state index in [0.717, 1.165) is 18.9 Å². The lowest BCUT2D eigenvalue weighted by molar-refractivity contribution is -0.145. The van der Waals surface area contributed by atoms with Crippen molar-refractivity contribution < 1.29 is 9.53 Å². The first kappa shape index (κ1) is 11.5. The van der Waals surface area contributed by atoms with Gasteiger partial charge in [0.15, 0.2) is 0 Å². The maximum atomic E-state index is 11.4. The van der Waals surface area contributed by atoms with Gasteiger partial charge in [-0.2, -0.15) is 0 Å². The van der Waals surface area contributed by atoms with Gasteiger partial charge < -0.3 is 10.1 Å². The number of nitrogens with one attached hydrogen (secondary N) is 1. The summed E-state index contributed by atoms with van der Waals surface area (Å²) in [5.74, 6) is 0.688. The number of hydrogen-bond acceptors (Lipinski definition) is 3. The maximum Gasteiger partial charge on any atom is 0.323 e. The summed E-state index contributed by atoms with van der Waals surface area (Å²) in [6, 6.07) is -0.101. The van der Waals surface area contributed by atoms with Crippen LogP contribution < -0.4 is 5.32 Å². The summed E-state index contributed by atoms with van der Waals surface area (Å²) in [5.41, 5.74) is 0. The number of rotatable bonds is 6. The molecule has 1 fully saturated rings. The highest BCUT2D eigenvalue weighted by Gasteiger charge is 2.21. The van der Waals surface area contributed by atoms with E-state index in [2.05, 4.69) is 5.32 Å².